The Morgan fingerprint density at radius 3 is 2.94 bits per heavy atom. The van der Waals surface area contributed by atoms with Crippen molar-refractivity contribution in [3.8, 4) is 6.01 Å². The SMILES string of the molecule is CCCCOc1nnc2cc(Cl)ccc2n1. The molecule has 0 aliphatic carbocycles. The highest BCUT2D eigenvalue weighted by Gasteiger charge is 2.02. The standard InChI is InChI=1S/C11H12ClN3O/c1-2-3-6-16-11-13-9-5-4-8(12)7-10(9)14-15-11/h4-5,7H,2-3,6H2,1H3. The van der Waals surface area contributed by atoms with Crippen LogP contribution in [0.5, 0.6) is 6.01 Å². The van der Waals surface area contributed by atoms with Crippen LogP contribution in [0.4, 0.5) is 0 Å². The minimum Gasteiger partial charge on any atom is -0.462 e. The van der Waals surface area contributed by atoms with Gasteiger partial charge in [-0.15, -0.1) is 5.10 Å². The Morgan fingerprint density at radius 2 is 2.12 bits per heavy atom. The summed E-state index contributed by atoms with van der Waals surface area (Å²) >= 11 is 5.83. The normalized spacial score (nSPS) is 10.6. The zero-order valence-electron chi connectivity index (χ0n) is 8.98. The van der Waals surface area contributed by atoms with Crippen LogP contribution in [0.3, 0.4) is 0 Å². The largest absolute Gasteiger partial charge is 0.462 e. The third kappa shape index (κ3) is 2.58. The van der Waals surface area contributed by atoms with E-state index in [-0.39, 0.29) is 0 Å². The van der Waals surface area contributed by atoms with Crippen LogP contribution in [0.15, 0.2) is 18.2 Å². The van der Waals surface area contributed by atoms with E-state index in [1.165, 1.54) is 0 Å². The molecule has 0 spiro atoms. The van der Waals surface area contributed by atoms with Gasteiger partial charge in [-0.3, -0.25) is 0 Å². The van der Waals surface area contributed by atoms with Gasteiger partial charge in [-0.25, -0.2) is 0 Å². The summed E-state index contributed by atoms with van der Waals surface area (Å²) in [4.78, 5) is 4.23. The number of ether oxygens (including phenoxy) is 1. The summed E-state index contributed by atoms with van der Waals surface area (Å²) in [7, 11) is 0. The molecule has 0 saturated heterocycles. The maximum atomic E-state index is 5.83. The fourth-order valence-corrected chi connectivity index (χ4v) is 1.43. The number of halogens is 1. The van der Waals surface area contributed by atoms with Gasteiger partial charge in [0.25, 0.3) is 0 Å². The number of benzene rings is 1. The molecule has 2 aromatic rings. The minimum atomic E-state index is 0.322. The molecule has 16 heavy (non-hydrogen) atoms. The number of aromatic nitrogens is 3. The van der Waals surface area contributed by atoms with Crippen molar-refractivity contribution in [3.63, 3.8) is 0 Å². The predicted molar refractivity (Wildman–Crippen MR) is 62.7 cm³/mol. The lowest BCUT2D eigenvalue weighted by molar-refractivity contribution is 0.283. The summed E-state index contributed by atoms with van der Waals surface area (Å²) in [6, 6.07) is 5.63. The first-order valence-electron chi connectivity index (χ1n) is 5.22. The summed E-state index contributed by atoms with van der Waals surface area (Å²) in [6.07, 6.45) is 2.07. The molecule has 0 amide bonds. The van der Waals surface area contributed by atoms with E-state index in [1.807, 2.05) is 0 Å². The van der Waals surface area contributed by atoms with E-state index in [9.17, 15) is 0 Å². The second-order valence-electron chi connectivity index (χ2n) is 3.43. The van der Waals surface area contributed by atoms with Crippen LogP contribution in [0.25, 0.3) is 11.0 Å². The molecule has 0 aliphatic heterocycles. The molecule has 0 N–H and O–H groups in total. The fraction of sp³-hybridized carbons (Fsp3) is 0.364. The molecular weight excluding hydrogens is 226 g/mol. The second kappa shape index (κ2) is 5.07. The molecule has 4 nitrogen and oxygen atoms in total. The number of hydrogen-bond donors (Lipinski definition) is 0. The van der Waals surface area contributed by atoms with Crippen molar-refractivity contribution in [1.82, 2.24) is 15.2 Å². The first-order valence-corrected chi connectivity index (χ1v) is 5.60. The van der Waals surface area contributed by atoms with Crippen LogP contribution in [-0.4, -0.2) is 21.8 Å². The zero-order chi connectivity index (χ0) is 11.4. The first kappa shape index (κ1) is 11.1. The van der Waals surface area contributed by atoms with E-state index in [4.69, 9.17) is 16.3 Å². The summed E-state index contributed by atoms with van der Waals surface area (Å²) in [5, 5.41) is 8.50. The van der Waals surface area contributed by atoms with Gasteiger partial charge in [-0.2, -0.15) is 4.98 Å². The fourth-order valence-electron chi connectivity index (χ4n) is 1.26. The van der Waals surface area contributed by atoms with Crippen molar-refractivity contribution in [2.45, 2.75) is 19.8 Å². The first-order chi connectivity index (χ1) is 7.79. The molecule has 1 heterocycles. The average molecular weight is 238 g/mol. The van der Waals surface area contributed by atoms with Crippen molar-refractivity contribution in [1.29, 1.82) is 0 Å². The van der Waals surface area contributed by atoms with Gasteiger partial charge in [0.15, 0.2) is 0 Å². The Kier molecular flexibility index (Phi) is 3.51. The lowest BCUT2D eigenvalue weighted by atomic mass is 10.3. The molecule has 0 saturated carbocycles. The van der Waals surface area contributed by atoms with Gasteiger partial charge in [-0.05, 0) is 24.6 Å². The summed E-state index contributed by atoms with van der Waals surface area (Å²) in [6.45, 7) is 2.72. The third-order valence-corrected chi connectivity index (χ3v) is 2.36. The quantitative estimate of drug-likeness (QED) is 0.768. The number of hydrogen-bond acceptors (Lipinski definition) is 4. The molecule has 1 aromatic heterocycles. The average Bonchev–Trinajstić information content (AvgIpc) is 2.29. The summed E-state index contributed by atoms with van der Waals surface area (Å²) < 4.78 is 5.37. The molecule has 5 heteroatoms. The number of fused-ring (bicyclic) bond motifs is 1. The van der Waals surface area contributed by atoms with Crippen molar-refractivity contribution >= 4 is 22.6 Å². The van der Waals surface area contributed by atoms with E-state index >= 15 is 0 Å². The van der Waals surface area contributed by atoms with E-state index in [2.05, 4.69) is 22.1 Å². The van der Waals surface area contributed by atoms with Gasteiger partial charge in [0.1, 0.15) is 5.52 Å². The molecule has 0 radical (unpaired) electrons. The van der Waals surface area contributed by atoms with Crippen molar-refractivity contribution in [3.05, 3.63) is 23.2 Å². The molecule has 2 rings (SSSR count). The third-order valence-electron chi connectivity index (χ3n) is 2.13. The van der Waals surface area contributed by atoms with Gasteiger partial charge in [0.05, 0.1) is 12.1 Å². The van der Waals surface area contributed by atoms with Gasteiger partial charge < -0.3 is 4.74 Å². The Hall–Kier alpha value is -1.42. The monoisotopic (exact) mass is 237 g/mol. The molecular formula is C11H12ClN3O. The van der Waals surface area contributed by atoms with Crippen LogP contribution in [0, 0.1) is 0 Å². The maximum Gasteiger partial charge on any atom is 0.336 e. The number of nitrogens with zero attached hydrogens (tertiary/aromatic N) is 3. The molecule has 0 bridgehead atoms. The van der Waals surface area contributed by atoms with E-state index in [1.54, 1.807) is 18.2 Å². The van der Waals surface area contributed by atoms with Crippen LogP contribution in [0.2, 0.25) is 5.02 Å². The van der Waals surface area contributed by atoms with Crippen LogP contribution >= 0.6 is 11.6 Å². The highest BCUT2D eigenvalue weighted by molar-refractivity contribution is 6.31. The topological polar surface area (TPSA) is 47.9 Å². The van der Waals surface area contributed by atoms with Gasteiger partial charge >= 0.3 is 6.01 Å². The van der Waals surface area contributed by atoms with Crippen molar-refractivity contribution in [2.24, 2.45) is 0 Å². The van der Waals surface area contributed by atoms with E-state index in [0.717, 1.165) is 18.4 Å². The smallest absolute Gasteiger partial charge is 0.336 e. The highest BCUT2D eigenvalue weighted by atomic mass is 35.5. The Bertz CT molecular complexity index is 490. The lowest BCUT2D eigenvalue weighted by Gasteiger charge is -2.03. The number of rotatable bonds is 4. The Morgan fingerprint density at radius 1 is 1.25 bits per heavy atom. The molecule has 0 unspecified atom stereocenters. The molecule has 0 fully saturated rings. The maximum absolute atomic E-state index is 5.83. The molecule has 84 valence electrons. The molecule has 0 atom stereocenters. The zero-order valence-corrected chi connectivity index (χ0v) is 9.74. The van der Waals surface area contributed by atoms with E-state index < -0.39 is 0 Å². The predicted octanol–water partition coefficient (Wildman–Crippen LogP) is 2.86. The van der Waals surface area contributed by atoms with Gasteiger partial charge in [-0.1, -0.05) is 30.0 Å². The highest BCUT2D eigenvalue weighted by Crippen LogP contribution is 2.16. The summed E-state index contributed by atoms with van der Waals surface area (Å²) in [5.41, 5.74) is 1.42. The van der Waals surface area contributed by atoms with Gasteiger partial charge in [0.2, 0.25) is 0 Å². The van der Waals surface area contributed by atoms with Crippen molar-refractivity contribution in [2.75, 3.05) is 6.61 Å². The summed E-state index contributed by atoms with van der Waals surface area (Å²) in [5.74, 6) is 0. The van der Waals surface area contributed by atoms with Crippen LogP contribution < -0.4 is 4.74 Å². The minimum absolute atomic E-state index is 0.322. The number of unbranched alkanes of at least 4 members (excludes halogenated alkanes) is 1. The lowest BCUT2D eigenvalue weighted by Crippen LogP contribution is -2.02. The van der Waals surface area contributed by atoms with Crippen LogP contribution in [0.1, 0.15) is 19.8 Å². The van der Waals surface area contributed by atoms with Gasteiger partial charge in [0, 0.05) is 5.02 Å². The van der Waals surface area contributed by atoms with E-state index in [0.29, 0.717) is 23.2 Å². The second-order valence-corrected chi connectivity index (χ2v) is 3.87. The Balaban J connectivity index is 2.20. The molecule has 1 aromatic carbocycles. The molecule has 0 aliphatic rings. The van der Waals surface area contributed by atoms with Crippen LogP contribution in [-0.2, 0) is 0 Å². The Labute approximate surface area is 98.6 Å². The van der Waals surface area contributed by atoms with Crippen molar-refractivity contribution < 1.29 is 4.74 Å².